The van der Waals surface area contributed by atoms with Gasteiger partial charge in [0.25, 0.3) is 0 Å². The largest absolute Gasteiger partial charge is 0.465 e. The van der Waals surface area contributed by atoms with Crippen LogP contribution in [-0.2, 0) is 6.18 Å². The van der Waals surface area contributed by atoms with E-state index in [-0.39, 0.29) is 11.9 Å². The molecule has 2 heterocycles. The van der Waals surface area contributed by atoms with Crippen molar-refractivity contribution in [2.75, 3.05) is 18.4 Å². The Hall–Kier alpha value is -2.55. The maximum absolute atomic E-state index is 12.7. The summed E-state index contributed by atoms with van der Waals surface area (Å²) in [5.41, 5.74) is 0.490. The third kappa shape index (κ3) is 4.60. The van der Waals surface area contributed by atoms with Gasteiger partial charge in [-0.2, -0.15) is 13.2 Å². The highest BCUT2D eigenvalue weighted by molar-refractivity contribution is 6.30. The van der Waals surface area contributed by atoms with Crippen LogP contribution < -0.4 is 5.32 Å². The Kier molecular flexibility index (Phi) is 5.41. The van der Waals surface area contributed by atoms with Crippen molar-refractivity contribution in [3.05, 3.63) is 46.7 Å². The van der Waals surface area contributed by atoms with Crippen molar-refractivity contribution in [1.29, 1.82) is 0 Å². The van der Waals surface area contributed by atoms with Crippen molar-refractivity contribution in [3.63, 3.8) is 0 Å². The summed E-state index contributed by atoms with van der Waals surface area (Å²) in [6.07, 6.45) is -3.20. The number of rotatable bonds is 3. The number of carboxylic acid groups (broad SMARTS) is 1. The molecule has 3 rings (SSSR count). The minimum Gasteiger partial charge on any atom is -0.465 e. The summed E-state index contributed by atoms with van der Waals surface area (Å²) < 4.78 is 38.0. The second kappa shape index (κ2) is 7.59. The van der Waals surface area contributed by atoms with Gasteiger partial charge in [-0.15, -0.1) is 0 Å². The Morgan fingerprint density at radius 1 is 1.30 bits per heavy atom. The molecule has 1 aliphatic heterocycles. The number of hydrogen-bond donors (Lipinski definition) is 2. The van der Waals surface area contributed by atoms with Gasteiger partial charge in [-0.25, -0.2) is 14.8 Å². The smallest absolute Gasteiger partial charge is 0.420 e. The van der Waals surface area contributed by atoms with Gasteiger partial charge in [0.1, 0.15) is 10.7 Å². The van der Waals surface area contributed by atoms with Gasteiger partial charge in [0.15, 0.2) is 0 Å². The van der Waals surface area contributed by atoms with E-state index in [0.29, 0.717) is 25.0 Å². The van der Waals surface area contributed by atoms with E-state index in [1.165, 1.54) is 4.90 Å². The zero-order valence-corrected chi connectivity index (χ0v) is 14.8. The summed E-state index contributed by atoms with van der Waals surface area (Å²) in [6.45, 7) is 0.983. The highest BCUT2D eigenvalue weighted by Crippen LogP contribution is 2.34. The highest BCUT2D eigenvalue weighted by Gasteiger charge is 2.34. The number of aromatic nitrogens is 2. The normalized spacial score (nSPS) is 17.6. The molecule has 1 unspecified atom stereocenters. The predicted octanol–water partition coefficient (Wildman–Crippen LogP) is 4.75. The fourth-order valence-electron chi connectivity index (χ4n) is 3.00. The fraction of sp³-hybridized carbons (Fsp3) is 0.353. The van der Waals surface area contributed by atoms with Crippen molar-refractivity contribution >= 4 is 29.3 Å². The molecular formula is C17H16ClF3N4O2. The number of halogens is 4. The lowest BCUT2D eigenvalue weighted by Crippen LogP contribution is -2.38. The molecule has 1 atom stereocenters. The van der Waals surface area contributed by atoms with Gasteiger partial charge in [-0.3, -0.25) is 0 Å². The minimum absolute atomic E-state index is 0.0459. The topological polar surface area (TPSA) is 78.4 Å². The molecule has 0 spiro atoms. The molecule has 144 valence electrons. The molecule has 27 heavy (non-hydrogen) atoms. The SMILES string of the molecule is O=C(O)N1CCCC(c2ccc(Nc3ncc(C(F)(F)F)c(Cl)n3)cc2)C1. The van der Waals surface area contributed by atoms with Crippen molar-refractivity contribution in [2.45, 2.75) is 24.9 Å². The van der Waals surface area contributed by atoms with Gasteiger partial charge in [0.2, 0.25) is 5.95 Å². The molecule has 10 heteroatoms. The summed E-state index contributed by atoms with van der Waals surface area (Å²) in [5, 5.41) is 11.3. The summed E-state index contributed by atoms with van der Waals surface area (Å²) in [4.78, 5) is 19.8. The van der Waals surface area contributed by atoms with E-state index in [2.05, 4.69) is 15.3 Å². The van der Waals surface area contributed by atoms with Crippen molar-refractivity contribution in [1.82, 2.24) is 14.9 Å². The van der Waals surface area contributed by atoms with Gasteiger partial charge in [0, 0.05) is 30.9 Å². The Bertz CT molecular complexity index is 830. The zero-order chi connectivity index (χ0) is 19.6. The van der Waals surface area contributed by atoms with Gasteiger partial charge in [0.05, 0.1) is 0 Å². The fourth-order valence-corrected chi connectivity index (χ4v) is 3.24. The van der Waals surface area contributed by atoms with Crippen LogP contribution in [0.3, 0.4) is 0 Å². The quantitative estimate of drug-likeness (QED) is 0.727. The average molecular weight is 401 g/mol. The molecule has 1 aliphatic rings. The molecule has 0 bridgehead atoms. The standard InChI is InChI=1S/C17H16ClF3N4O2/c18-14-13(17(19,20)21)8-22-15(24-14)23-12-5-3-10(4-6-12)11-2-1-7-25(9-11)16(26)27/h3-6,8,11H,1-2,7,9H2,(H,26,27)(H,22,23,24). The summed E-state index contributed by atoms with van der Waals surface area (Å²) in [7, 11) is 0. The van der Waals surface area contributed by atoms with Crippen LogP contribution in [0.5, 0.6) is 0 Å². The van der Waals surface area contributed by atoms with E-state index in [9.17, 15) is 18.0 Å². The number of piperidine rings is 1. The van der Waals surface area contributed by atoms with Crippen LogP contribution in [-0.4, -0.2) is 39.2 Å². The van der Waals surface area contributed by atoms with Crippen LogP contribution in [0.1, 0.15) is 29.9 Å². The molecule has 0 saturated carbocycles. The molecular weight excluding hydrogens is 385 g/mol. The summed E-state index contributed by atoms with van der Waals surface area (Å²) >= 11 is 5.58. The lowest BCUT2D eigenvalue weighted by atomic mass is 9.91. The van der Waals surface area contributed by atoms with Crippen LogP contribution >= 0.6 is 11.6 Å². The maximum atomic E-state index is 12.7. The number of anilines is 2. The first-order valence-corrected chi connectivity index (χ1v) is 8.56. The van der Waals surface area contributed by atoms with Gasteiger partial charge < -0.3 is 15.3 Å². The van der Waals surface area contributed by atoms with E-state index >= 15 is 0 Å². The van der Waals surface area contributed by atoms with Gasteiger partial charge >= 0.3 is 12.3 Å². The molecule has 1 fully saturated rings. The van der Waals surface area contributed by atoms with Crippen LogP contribution in [0.15, 0.2) is 30.5 Å². The molecule has 2 aromatic rings. The maximum Gasteiger partial charge on any atom is 0.420 e. The number of nitrogens with zero attached hydrogens (tertiary/aromatic N) is 3. The Labute approximate surface area is 158 Å². The Balaban J connectivity index is 1.69. The predicted molar refractivity (Wildman–Crippen MR) is 93.3 cm³/mol. The molecule has 1 saturated heterocycles. The molecule has 0 radical (unpaired) electrons. The number of nitrogens with one attached hydrogen (secondary N) is 1. The summed E-state index contributed by atoms with van der Waals surface area (Å²) in [6, 6.07) is 7.18. The molecule has 6 nitrogen and oxygen atoms in total. The molecule has 1 amide bonds. The van der Waals surface area contributed by atoms with E-state index in [4.69, 9.17) is 16.7 Å². The number of likely N-dealkylation sites (tertiary alicyclic amines) is 1. The Morgan fingerprint density at radius 2 is 2.00 bits per heavy atom. The van der Waals surface area contributed by atoms with Crippen LogP contribution in [0, 0.1) is 0 Å². The highest BCUT2D eigenvalue weighted by atomic mass is 35.5. The summed E-state index contributed by atoms with van der Waals surface area (Å²) in [5.74, 6) is 0.0659. The third-order valence-electron chi connectivity index (χ3n) is 4.38. The van der Waals surface area contributed by atoms with Crippen LogP contribution in [0.4, 0.5) is 29.6 Å². The van der Waals surface area contributed by atoms with Crippen molar-refractivity contribution in [2.24, 2.45) is 0 Å². The third-order valence-corrected chi connectivity index (χ3v) is 4.67. The molecule has 1 aromatic carbocycles. The van der Waals surface area contributed by atoms with E-state index in [1.807, 2.05) is 12.1 Å². The molecule has 2 N–H and O–H groups in total. The molecule has 1 aromatic heterocycles. The number of alkyl halides is 3. The monoisotopic (exact) mass is 400 g/mol. The van der Waals surface area contributed by atoms with Crippen molar-refractivity contribution < 1.29 is 23.1 Å². The van der Waals surface area contributed by atoms with Gasteiger partial charge in [-0.05, 0) is 30.5 Å². The van der Waals surface area contributed by atoms with Crippen LogP contribution in [0.25, 0.3) is 0 Å². The average Bonchev–Trinajstić information content (AvgIpc) is 2.61. The zero-order valence-electron chi connectivity index (χ0n) is 14.0. The first-order valence-electron chi connectivity index (χ1n) is 8.18. The number of benzene rings is 1. The Morgan fingerprint density at radius 3 is 2.59 bits per heavy atom. The van der Waals surface area contributed by atoms with E-state index < -0.39 is 23.0 Å². The van der Waals surface area contributed by atoms with Gasteiger partial charge in [-0.1, -0.05) is 23.7 Å². The molecule has 0 aliphatic carbocycles. The lowest BCUT2D eigenvalue weighted by Gasteiger charge is -2.31. The van der Waals surface area contributed by atoms with E-state index in [0.717, 1.165) is 18.4 Å². The van der Waals surface area contributed by atoms with Crippen molar-refractivity contribution in [3.8, 4) is 0 Å². The lowest BCUT2D eigenvalue weighted by molar-refractivity contribution is -0.137. The number of amides is 1. The second-order valence-corrected chi connectivity index (χ2v) is 6.57. The minimum atomic E-state index is -4.61. The number of hydrogen-bond acceptors (Lipinski definition) is 4. The number of carbonyl (C=O) groups is 1. The second-order valence-electron chi connectivity index (χ2n) is 6.21. The van der Waals surface area contributed by atoms with Crippen LogP contribution in [0.2, 0.25) is 5.15 Å². The first kappa shape index (κ1) is 19.2. The first-order chi connectivity index (χ1) is 12.7. The van der Waals surface area contributed by atoms with E-state index in [1.54, 1.807) is 12.1 Å².